The number of nitrogens with zero attached hydrogens (tertiary/aromatic N) is 3. The van der Waals surface area contributed by atoms with Crippen LogP contribution in [0.15, 0.2) is 42.6 Å². The maximum atomic E-state index is 13.9. The van der Waals surface area contributed by atoms with E-state index in [0.717, 1.165) is 54.1 Å². The lowest BCUT2D eigenvalue weighted by atomic mass is 9.99. The van der Waals surface area contributed by atoms with Crippen molar-refractivity contribution in [2.24, 2.45) is 28.9 Å². The summed E-state index contributed by atoms with van der Waals surface area (Å²) in [7, 11) is 0. The Labute approximate surface area is 241 Å². The van der Waals surface area contributed by atoms with Gasteiger partial charge in [-0.3, -0.25) is 9.59 Å². The number of amides is 2. The molecule has 2 amide bonds. The molecule has 0 spiro atoms. The topological polar surface area (TPSA) is 79.5 Å². The fourth-order valence-electron chi connectivity index (χ4n) is 6.57. The van der Waals surface area contributed by atoms with E-state index in [0.29, 0.717) is 24.6 Å². The average Bonchev–Trinajstić information content (AvgIpc) is 3.29. The number of aromatic nitrogens is 1. The number of carbonyl (C=O) groups is 2. The molecule has 38 heavy (non-hydrogen) atoms. The van der Waals surface area contributed by atoms with Crippen LogP contribution >= 0.6 is 33.9 Å². The molecule has 2 N–H and O–H groups in total. The lowest BCUT2D eigenvalue weighted by Crippen LogP contribution is -2.33. The van der Waals surface area contributed by atoms with Crippen LogP contribution in [-0.2, 0) is 11.3 Å². The highest BCUT2D eigenvalue weighted by Gasteiger charge is 2.69. The van der Waals surface area contributed by atoms with Crippen LogP contribution in [0.25, 0.3) is 21.3 Å². The first kappa shape index (κ1) is 26.0. The van der Waals surface area contributed by atoms with Crippen molar-refractivity contribution in [3.8, 4) is 11.3 Å². The predicted octanol–water partition coefficient (Wildman–Crippen LogP) is 5.81. The Morgan fingerprint density at radius 2 is 2.08 bits per heavy atom. The number of nitrogens with two attached hydrogens (primary N) is 1. The van der Waals surface area contributed by atoms with Crippen LogP contribution in [-0.4, -0.2) is 45.7 Å². The van der Waals surface area contributed by atoms with E-state index >= 15 is 0 Å². The lowest BCUT2D eigenvalue weighted by Gasteiger charge is -2.23. The zero-order valence-corrected chi connectivity index (χ0v) is 25.2. The van der Waals surface area contributed by atoms with Crippen molar-refractivity contribution >= 4 is 55.8 Å². The number of thiophene rings is 1. The molecule has 8 heteroatoms. The number of carbonyl (C=O) groups excluding carboxylic acids is 2. The highest BCUT2D eigenvalue weighted by Crippen LogP contribution is 2.66. The minimum Gasteiger partial charge on any atom is -0.338 e. The molecule has 3 aromatic rings. The molecule has 3 fully saturated rings. The second kappa shape index (κ2) is 9.13. The number of piperidine rings is 1. The Balaban J connectivity index is 1.36. The first-order chi connectivity index (χ1) is 18.0. The zero-order valence-electron chi connectivity index (χ0n) is 22.3. The molecular weight excluding hydrogens is 607 g/mol. The Bertz CT molecular complexity index is 1490. The molecule has 3 unspecified atom stereocenters. The van der Waals surface area contributed by atoms with E-state index in [1.54, 1.807) is 11.3 Å². The van der Waals surface area contributed by atoms with Gasteiger partial charge in [-0.1, -0.05) is 38.6 Å². The first-order valence-electron chi connectivity index (χ1n) is 13.2. The molecule has 1 aliphatic carbocycles. The normalized spacial score (nSPS) is 24.8. The fourth-order valence-corrected chi connectivity index (χ4v) is 8.44. The molecule has 4 heterocycles. The van der Waals surface area contributed by atoms with Crippen LogP contribution in [0.5, 0.6) is 0 Å². The van der Waals surface area contributed by atoms with Crippen molar-refractivity contribution in [3.63, 3.8) is 0 Å². The van der Waals surface area contributed by atoms with Gasteiger partial charge in [0, 0.05) is 45.9 Å². The zero-order chi connectivity index (χ0) is 27.1. The number of hydrogen-bond acceptors (Lipinski definition) is 5. The van der Waals surface area contributed by atoms with Crippen molar-refractivity contribution in [1.82, 2.24) is 14.8 Å². The van der Waals surface area contributed by atoms with Crippen LogP contribution < -0.4 is 5.73 Å². The Morgan fingerprint density at radius 1 is 1.32 bits per heavy atom. The smallest absolute Gasteiger partial charge is 0.256 e. The van der Waals surface area contributed by atoms with Crippen molar-refractivity contribution < 1.29 is 9.59 Å². The molecule has 0 radical (unpaired) electrons. The van der Waals surface area contributed by atoms with Gasteiger partial charge in [0.15, 0.2) is 0 Å². The van der Waals surface area contributed by atoms with E-state index in [4.69, 9.17) is 10.7 Å². The number of allylic oxidation sites excluding steroid dienone is 1. The predicted molar refractivity (Wildman–Crippen MR) is 161 cm³/mol. The quantitative estimate of drug-likeness (QED) is 0.282. The highest BCUT2D eigenvalue weighted by molar-refractivity contribution is 14.1. The molecule has 2 aromatic heterocycles. The number of aryl methyl sites for hydroxylation is 1. The number of pyridine rings is 1. The summed E-state index contributed by atoms with van der Waals surface area (Å²) in [5.74, 6) is 0.877. The van der Waals surface area contributed by atoms with E-state index in [-0.39, 0.29) is 35.1 Å². The molecule has 6 nitrogen and oxygen atoms in total. The van der Waals surface area contributed by atoms with Crippen molar-refractivity contribution in [1.29, 1.82) is 0 Å². The number of benzene rings is 1. The van der Waals surface area contributed by atoms with Crippen molar-refractivity contribution in [2.45, 2.75) is 46.7 Å². The van der Waals surface area contributed by atoms with Crippen molar-refractivity contribution in [2.75, 3.05) is 13.1 Å². The molecule has 0 bridgehead atoms. The molecule has 1 aromatic carbocycles. The van der Waals surface area contributed by atoms with Crippen molar-refractivity contribution in [3.05, 3.63) is 62.3 Å². The third-order valence-corrected chi connectivity index (χ3v) is 10.6. The van der Waals surface area contributed by atoms with E-state index in [1.807, 2.05) is 35.8 Å². The SMILES string of the molecule is C=C1C2C(C(=O)N1Cc1cc3cccc(-c4nc(I)cc(C)c4C(=O)N4CC[C@H](C(C)N)C4)c3s1)C2(C)C. The van der Waals surface area contributed by atoms with Gasteiger partial charge in [0.05, 0.1) is 23.7 Å². The van der Waals surface area contributed by atoms with Gasteiger partial charge in [0.1, 0.15) is 3.70 Å². The molecular formula is C30H33IN4O2S. The van der Waals surface area contributed by atoms with Gasteiger partial charge in [0.25, 0.3) is 5.91 Å². The summed E-state index contributed by atoms with van der Waals surface area (Å²) in [6.07, 6.45) is 0.929. The molecule has 2 saturated heterocycles. The second-order valence-electron chi connectivity index (χ2n) is 11.8. The third kappa shape index (κ3) is 4.02. The van der Waals surface area contributed by atoms with Crippen LogP contribution in [0, 0.1) is 33.8 Å². The second-order valence-corrected chi connectivity index (χ2v) is 14.0. The first-order valence-corrected chi connectivity index (χ1v) is 15.1. The lowest BCUT2D eigenvalue weighted by molar-refractivity contribution is -0.130. The molecule has 198 valence electrons. The molecule has 2 aliphatic heterocycles. The van der Waals surface area contributed by atoms with E-state index < -0.39 is 0 Å². The van der Waals surface area contributed by atoms with Crippen LogP contribution in [0.4, 0.5) is 0 Å². The standard InChI is InChI=1S/C30H33IN4O2S/c1-15-11-22(31)33-26(23(15)28(36)34-10-9-19(13-34)16(2)32)21-8-6-7-18-12-20(38-27(18)21)14-35-17(3)24-25(29(35)37)30(24,4)5/h6-8,11-12,16,19,24-25H,3,9-10,13-14,32H2,1-2,4-5H3/t16?,19-,24?,25?/m0/s1. The summed E-state index contributed by atoms with van der Waals surface area (Å²) in [4.78, 5) is 36.8. The summed E-state index contributed by atoms with van der Waals surface area (Å²) in [6, 6.07) is 10.4. The summed E-state index contributed by atoms with van der Waals surface area (Å²) >= 11 is 3.91. The monoisotopic (exact) mass is 640 g/mol. The van der Waals surface area contributed by atoms with Gasteiger partial charge in [-0.25, -0.2) is 4.98 Å². The number of likely N-dealkylation sites (tertiary alicyclic amines) is 2. The van der Waals surface area contributed by atoms with Crippen LogP contribution in [0.1, 0.15) is 48.0 Å². The number of hydrogen-bond donors (Lipinski definition) is 1. The minimum absolute atomic E-state index is 0.0270. The maximum Gasteiger partial charge on any atom is 0.256 e. The summed E-state index contributed by atoms with van der Waals surface area (Å²) in [6.45, 7) is 14.5. The number of fused-ring (bicyclic) bond motifs is 2. The highest BCUT2D eigenvalue weighted by atomic mass is 127. The molecule has 1 saturated carbocycles. The number of halogens is 1. The van der Waals surface area contributed by atoms with E-state index in [9.17, 15) is 9.59 Å². The Morgan fingerprint density at radius 3 is 2.74 bits per heavy atom. The third-order valence-electron chi connectivity index (χ3n) is 8.88. The van der Waals surface area contributed by atoms with E-state index in [1.165, 1.54) is 0 Å². The van der Waals surface area contributed by atoms with Crippen LogP contribution in [0.3, 0.4) is 0 Å². The van der Waals surface area contributed by atoms with Gasteiger partial charge >= 0.3 is 0 Å². The molecule has 4 atom stereocenters. The van der Waals surface area contributed by atoms with Gasteiger partial charge in [-0.15, -0.1) is 11.3 Å². The summed E-state index contributed by atoms with van der Waals surface area (Å²) < 4.78 is 1.94. The Hall–Kier alpha value is -2.30. The van der Waals surface area contributed by atoms with Gasteiger partial charge in [0.2, 0.25) is 5.91 Å². The van der Waals surface area contributed by atoms with Gasteiger partial charge < -0.3 is 15.5 Å². The van der Waals surface area contributed by atoms with Gasteiger partial charge in [-0.05, 0) is 77.3 Å². The number of rotatable bonds is 5. The van der Waals surface area contributed by atoms with Gasteiger partial charge in [-0.2, -0.15) is 0 Å². The molecule has 3 aliphatic rings. The minimum atomic E-state index is 0.0270. The Kier molecular flexibility index (Phi) is 6.23. The summed E-state index contributed by atoms with van der Waals surface area (Å²) in [5, 5.41) is 1.10. The van der Waals surface area contributed by atoms with Crippen LogP contribution in [0.2, 0.25) is 0 Å². The summed E-state index contributed by atoms with van der Waals surface area (Å²) in [5.41, 5.74) is 10.4. The maximum absolute atomic E-state index is 13.9. The molecule has 6 rings (SSSR count). The largest absolute Gasteiger partial charge is 0.338 e. The fraction of sp³-hybridized carbons (Fsp3) is 0.433. The average molecular weight is 641 g/mol. The van der Waals surface area contributed by atoms with E-state index in [2.05, 4.69) is 61.2 Å².